The molecule has 1 aromatic carbocycles. The van der Waals surface area contributed by atoms with E-state index in [1.165, 1.54) is 0 Å². The van der Waals surface area contributed by atoms with Gasteiger partial charge in [0, 0.05) is 24.7 Å². The van der Waals surface area contributed by atoms with Crippen LogP contribution < -0.4 is 10.6 Å². The third-order valence-corrected chi connectivity index (χ3v) is 3.92. The zero-order valence-electron chi connectivity index (χ0n) is 10.3. The van der Waals surface area contributed by atoms with Gasteiger partial charge in [-0.15, -0.1) is 0 Å². The van der Waals surface area contributed by atoms with Crippen molar-refractivity contribution in [1.29, 1.82) is 0 Å². The molecule has 1 fully saturated rings. The van der Waals surface area contributed by atoms with Gasteiger partial charge in [-0.25, -0.2) is 0 Å². The fourth-order valence-electron chi connectivity index (χ4n) is 2.03. The molecule has 1 saturated heterocycles. The van der Waals surface area contributed by atoms with Gasteiger partial charge in [-0.3, -0.25) is 4.79 Å². The Labute approximate surface area is 115 Å². The molecule has 1 aliphatic rings. The van der Waals surface area contributed by atoms with Crippen LogP contribution in [0.1, 0.15) is 12.0 Å². The summed E-state index contributed by atoms with van der Waals surface area (Å²) in [5.74, 6) is 0.0327. The van der Waals surface area contributed by atoms with Crippen molar-refractivity contribution in [3.63, 3.8) is 0 Å². The summed E-state index contributed by atoms with van der Waals surface area (Å²) >= 11 is 3.46. The number of ether oxygens (including phenoxy) is 1. The highest BCUT2D eigenvalue weighted by Gasteiger charge is 2.28. The molecular weight excluding hydrogens is 296 g/mol. The molecule has 1 aromatic rings. The van der Waals surface area contributed by atoms with E-state index >= 15 is 0 Å². The minimum Gasteiger partial charge on any atom is -0.380 e. The van der Waals surface area contributed by atoms with Crippen molar-refractivity contribution in [1.82, 2.24) is 10.6 Å². The Kier molecular flexibility index (Phi) is 4.74. The molecule has 1 heterocycles. The third-order valence-electron chi connectivity index (χ3n) is 3.15. The molecule has 1 amide bonds. The quantitative estimate of drug-likeness (QED) is 0.884. The summed E-state index contributed by atoms with van der Waals surface area (Å²) in [5.41, 5.74) is 1.08. The van der Waals surface area contributed by atoms with E-state index in [9.17, 15) is 4.79 Å². The first-order valence-electron chi connectivity index (χ1n) is 5.98. The maximum absolute atomic E-state index is 11.9. The first-order valence-corrected chi connectivity index (χ1v) is 6.77. The zero-order chi connectivity index (χ0) is 13.0. The van der Waals surface area contributed by atoms with Crippen LogP contribution in [0.5, 0.6) is 0 Å². The first-order chi connectivity index (χ1) is 8.70. The molecule has 18 heavy (non-hydrogen) atoms. The van der Waals surface area contributed by atoms with Gasteiger partial charge in [0.25, 0.3) is 0 Å². The molecule has 0 saturated carbocycles. The number of carbonyl (C=O) groups excluding carboxylic acids is 1. The minimum absolute atomic E-state index is 0.0327. The van der Waals surface area contributed by atoms with Gasteiger partial charge in [0.05, 0.1) is 12.1 Å². The molecule has 2 N–H and O–H groups in total. The predicted octanol–water partition coefficient (Wildman–Crippen LogP) is 1.44. The smallest absolute Gasteiger partial charge is 0.237 e. The summed E-state index contributed by atoms with van der Waals surface area (Å²) in [4.78, 5) is 11.9. The number of hydrogen-bond acceptors (Lipinski definition) is 3. The monoisotopic (exact) mass is 312 g/mol. The molecule has 2 rings (SSSR count). The number of rotatable bonds is 4. The Morgan fingerprint density at radius 1 is 1.56 bits per heavy atom. The van der Waals surface area contributed by atoms with Crippen molar-refractivity contribution in [3.05, 3.63) is 34.3 Å². The van der Waals surface area contributed by atoms with Gasteiger partial charge in [-0.2, -0.15) is 0 Å². The number of halogens is 1. The summed E-state index contributed by atoms with van der Waals surface area (Å²) in [5, 5.41) is 6.10. The molecule has 0 aromatic heterocycles. The van der Waals surface area contributed by atoms with Crippen molar-refractivity contribution in [2.24, 2.45) is 0 Å². The molecule has 0 aliphatic carbocycles. The molecule has 1 aliphatic heterocycles. The highest BCUT2D eigenvalue weighted by molar-refractivity contribution is 9.10. The summed E-state index contributed by atoms with van der Waals surface area (Å²) in [7, 11) is 1.67. The van der Waals surface area contributed by atoms with Crippen LogP contribution in [-0.2, 0) is 16.1 Å². The number of benzene rings is 1. The van der Waals surface area contributed by atoms with Crippen LogP contribution in [0.4, 0.5) is 0 Å². The summed E-state index contributed by atoms with van der Waals surface area (Å²) in [6.07, 6.45) is 0.877. The van der Waals surface area contributed by atoms with Crippen molar-refractivity contribution in [3.8, 4) is 0 Å². The summed E-state index contributed by atoms with van der Waals surface area (Å²) in [6.45, 7) is 1.28. The second-order valence-corrected chi connectivity index (χ2v) is 5.22. The first kappa shape index (κ1) is 13.5. The van der Waals surface area contributed by atoms with E-state index in [4.69, 9.17) is 4.74 Å². The van der Waals surface area contributed by atoms with Gasteiger partial charge >= 0.3 is 0 Å². The molecule has 0 bridgehead atoms. The Morgan fingerprint density at radius 2 is 2.33 bits per heavy atom. The predicted molar refractivity (Wildman–Crippen MR) is 73.2 cm³/mol. The number of amides is 1. The van der Waals surface area contributed by atoms with Gasteiger partial charge in [0.15, 0.2) is 0 Å². The lowest BCUT2D eigenvalue weighted by molar-refractivity contribution is -0.123. The maximum Gasteiger partial charge on any atom is 0.237 e. The Hall–Kier alpha value is -0.910. The highest BCUT2D eigenvalue weighted by Crippen LogP contribution is 2.16. The van der Waals surface area contributed by atoms with E-state index in [-0.39, 0.29) is 18.1 Å². The highest BCUT2D eigenvalue weighted by atomic mass is 79.9. The molecule has 5 heteroatoms. The average molecular weight is 313 g/mol. The van der Waals surface area contributed by atoms with Crippen LogP contribution in [0.2, 0.25) is 0 Å². The lowest BCUT2D eigenvalue weighted by Crippen LogP contribution is -2.40. The maximum atomic E-state index is 11.9. The lowest BCUT2D eigenvalue weighted by Gasteiger charge is -2.12. The lowest BCUT2D eigenvalue weighted by atomic mass is 10.2. The van der Waals surface area contributed by atoms with Gasteiger partial charge in [-0.05, 0) is 18.1 Å². The number of carbonyl (C=O) groups is 1. The molecule has 0 spiro atoms. The van der Waals surface area contributed by atoms with Crippen LogP contribution in [0.25, 0.3) is 0 Å². The molecule has 2 atom stereocenters. The number of hydrogen-bond donors (Lipinski definition) is 2. The van der Waals surface area contributed by atoms with Crippen LogP contribution in [0.15, 0.2) is 28.7 Å². The standard InChI is InChI=1S/C13H17BrN2O2/c1-18-10-6-12(15-8-10)13(17)16-7-9-4-2-3-5-11(9)14/h2-5,10,12,15H,6-8H2,1H3,(H,16,17). The summed E-state index contributed by atoms with van der Waals surface area (Å²) in [6, 6.07) is 7.73. The van der Waals surface area contributed by atoms with Gasteiger partial charge in [0.1, 0.15) is 0 Å². The second kappa shape index (κ2) is 6.31. The Bertz CT molecular complexity index is 425. The van der Waals surface area contributed by atoms with E-state index < -0.39 is 0 Å². The van der Waals surface area contributed by atoms with E-state index in [0.29, 0.717) is 6.54 Å². The minimum atomic E-state index is -0.141. The van der Waals surface area contributed by atoms with Gasteiger partial charge < -0.3 is 15.4 Å². The van der Waals surface area contributed by atoms with E-state index in [0.717, 1.165) is 23.0 Å². The van der Waals surface area contributed by atoms with E-state index in [2.05, 4.69) is 26.6 Å². The van der Waals surface area contributed by atoms with E-state index in [1.807, 2.05) is 24.3 Å². The average Bonchev–Trinajstić information content (AvgIpc) is 2.86. The van der Waals surface area contributed by atoms with Crippen LogP contribution in [0, 0.1) is 0 Å². The third kappa shape index (κ3) is 3.31. The normalized spacial score (nSPS) is 23.0. The number of nitrogens with one attached hydrogen (secondary N) is 2. The van der Waals surface area contributed by atoms with Crippen LogP contribution >= 0.6 is 15.9 Å². The number of methoxy groups -OCH3 is 1. The molecular formula is C13H17BrN2O2. The molecule has 98 valence electrons. The van der Waals surface area contributed by atoms with Crippen molar-refractivity contribution >= 4 is 21.8 Å². The van der Waals surface area contributed by atoms with Crippen molar-refractivity contribution in [2.75, 3.05) is 13.7 Å². The molecule has 0 radical (unpaired) electrons. The Morgan fingerprint density at radius 3 is 3.00 bits per heavy atom. The fourth-order valence-corrected chi connectivity index (χ4v) is 2.45. The second-order valence-electron chi connectivity index (χ2n) is 4.36. The topological polar surface area (TPSA) is 50.4 Å². The van der Waals surface area contributed by atoms with Crippen molar-refractivity contribution < 1.29 is 9.53 Å². The summed E-state index contributed by atoms with van der Waals surface area (Å²) < 4.78 is 6.24. The van der Waals surface area contributed by atoms with Crippen LogP contribution in [0.3, 0.4) is 0 Å². The van der Waals surface area contributed by atoms with Gasteiger partial charge in [-0.1, -0.05) is 34.1 Å². The van der Waals surface area contributed by atoms with Crippen molar-refractivity contribution in [2.45, 2.75) is 25.1 Å². The fraction of sp³-hybridized carbons (Fsp3) is 0.462. The van der Waals surface area contributed by atoms with E-state index in [1.54, 1.807) is 7.11 Å². The van der Waals surface area contributed by atoms with Crippen LogP contribution in [-0.4, -0.2) is 31.7 Å². The van der Waals surface area contributed by atoms with Gasteiger partial charge in [0.2, 0.25) is 5.91 Å². The Balaban J connectivity index is 1.84. The molecule has 2 unspecified atom stereocenters. The molecule has 4 nitrogen and oxygen atoms in total. The zero-order valence-corrected chi connectivity index (χ0v) is 11.9. The SMILES string of the molecule is COC1CNC(C(=O)NCc2ccccc2Br)C1. The largest absolute Gasteiger partial charge is 0.380 e.